The smallest absolute Gasteiger partial charge is 0.135 e. The second-order valence-corrected chi connectivity index (χ2v) is 13.2. The van der Waals surface area contributed by atoms with E-state index in [9.17, 15) is 0 Å². The lowest BCUT2D eigenvalue weighted by Crippen LogP contribution is -1.97. The lowest BCUT2D eigenvalue weighted by molar-refractivity contribution is 0.487. The zero-order valence-corrected chi connectivity index (χ0v) is 25.6. The van der Waals surface area contributed by atoms with Crippen molar-refractivity contribution >= 4 is 54.4 Å². The van der Waals surface area contributed by atoms with Crippen molar-refractivity contribution in [1.29, 1.82) is 0 Å². The molecule has 0 spiro atoms. The molecule has 8 aromatic carbocycles. The molecular formula is C44H26OS. The predicted molar refractivity (Wildman–Crippen MR) is 196 cm³/mol. The minimum absolute atomic E-state index is 0.916. The summed E-state index contributed by atoms with van der Waals surface area (Å²) >= 11 is 1.85. The topological polar surface area (TPSA) is 9.23 Å². The second-order valence-electron chi connectivity index (χ2n) is 12.1. The third-order valence-electron chi connectivity index (χ3n) is 9.47. The fourth-order valence-corrected chi connectivity index (χ4v) is 8.29. The van der Waals surface area contributed by atoms with Crippen LogP contribution in [0.25, 0.3) is 86.2 Å². The molecule has 1 aliphatic rings. The van der Waals surface area contributed by atoms with E-state index >= 15 is 0 Å². The minimum Gasteiger partial charge on any atom is -0.456 e. The maximum absolute atomic E-state index is 6.26. The molecule has 9 aromatic rings. The summed E-state index contributed by atoms with van der Waals surface area (Å²) in [5.41, 5.74) is 7.32. The van der Waals surface area contributed by atoms with E-state index in [1.165, 1.54) is 80.7 Å². The molecular weight excluding hydrogens is 577 g/mol. The van der Waals surface area contributed by atoms with Crippen molar-refractivity contribution in [2.24, 2.45) is 0 Å². The van der Waals surface area contributed by atoms with Gasteiger partial charge in [-0.2, -0.15) is 0 Å². The van der Waals surface area contributed by atoms with Crippen molar-refractivity contribution in [2.75, 3.05) is 0 Å². The van der Waals surface area contributed by atoms with Crippen LogP contribution in [0, 0.1) is 0 Å². The predicted octanol–water partition coefficient (Wildman–Crippen LogP) is 13.1. The van der Waals surface area contributed by atoms with Gasteiger partial charge in [0.15, 0.2) is 0 Å². The molecule has 46 heavy (non-hydrogen) atoms. The number of hydrogen-bond acceptors (Lipinski definition) is 2. The summed E-state index contributed by atoms with van der Waals surface area (Å²) in [6.45, 7) is 0. The van der Waals surface area contributed by atoms with Gasteiger partial charge in [0.05, 0.1) is 0 Å². The summed E-state index contributed by atoms with van der Waals surface area (Å²) in [5, 5.41) is 10.2. The average Bonchev–Trinajstić information content (AvgIpc) is 3.62. The highest BCUT2D eigenvalue weighted by Gasteiger charge is 2.21. The number of rotatable bonds is 3. The SMILES string of the molecule is c1ccc2c(c1)Oc1cccc3cc(-c4ccc(-c5ccc(-c6ccc7c8ccccc8c8ccccc8c7c6)cc5)s4)cc-2c13. The number of hydrogen-bond donors (Lipinski definition) is 0. The molecule has 10 rings (SSSR count). The van der Waals surface area contributed by atoms with Crippen molar-refractivity contribution in [3.63, 3.8) is 0 Å². The lowest BCUT2D eigenvalue weighted by atomic mass is 9.92. The van der Waals surface area contributed by atoms with E-state index in [1.807, 2.05) is 17.4 Å². The summed E-state index contributed by atoms with van der Waals surface area (Å²) in [6, 6.07) is 57.3. The fraction of sp³-hybridized carbons (Fsp3) is 0. The third-order valence-corrected chi connectivity index (χ3v) is 10.7. The van der Waals surface area contributed by atoms with Gasteiger partial charge < -0.3 is 4.74 Å². The van der Waals surface area contributed by atoms with Crippen LogP contribution in [0.5, 0.6) is 11.5 Å². The Morgan fingerprint density at radius 3 is 1.70 bits per heavy atom. The van der Waals surface area contributed by atoms with Gasteiger partial charge >= 0.3 is 0 Å². The normalized spacial score (nSPS) is 12.1. The van der Waals surface area contributed by atoms with Gasteiger partial charge in [-0.15, -0.1) is 11.3 Å². The zero-order chi connectivity index (χ0) is 30.2. The number of para-hydroxylation sites is 1. The van der Waals surface area contributed by atoms with Crippen molar-refractivity contribution in [3.05, 3.63) is 158 Å². The second kappa shape index (κ2) is 9.90. The van der Waals surface area contributed by atoms with Crippen LogP contribution >= 0.6 is 11.3 Å². The van der Waals surface area contributed by atoms with Gasteiger partial charge in [-0.05, 0) is 108 Å². The Morgan fingerprint density at radius 2 is 0.935 bits per heavy atom. The molecule has 0 aliphatic carbocycles. The van der Waals surface area contributed by atoms with Crippen LogP contribution in [-0.4, -0.2) is 0 Å². The van der Waals surface area contributed by atoms with Crippen molar-refractivity contribution in [1.82, 2.24) is 0 Å². The van der Waals surface area contributed by atoms with E-state index in [4.69, 9.17) is 4.74 Å². The maximum atomic E-state index is 6.26. The number of benzene rings is 8. The van der Waals surface area contributed by atoms with Gasteiger partial charge in [0.2, 0.25) is 0 Å². The Hall–Kier alpha value is -5.70. The average molecular weight is 603 g/mol. The molecule has 0 saturated carbocycles. The molecule has 1 nitrogen and oxygen atoms in total. The van der Waals surface area contributed by atoms with Crippen LogP contribution < -0.4 is 4.74 Å². The molecule has 0 N–H and O–H groups in total. The number of fused-ring (bicyclic) bond motifs is 8. The van der Waals surface area contributed by atoms with E-state index in [2.05, 4.69) is 152 Å². The minimum atomic E-state index is 0.916. The Labute approximate surface area is 270 Å². The first-order valence-corrected chi connectivity index (χ1v) is 16.5. The van der Waals surface area contributed by atoms with Crippen molar-refractivity contribution < 1.29 is 4.74 Å². The number of thiophene rings is 1. The van der Waals surface area contributed by atoms with Crippen LogP contribution in [0.15, 0.2) is 158 Å². The third kappa shape index (κ3) is 3.87. The van der Waals surface area contributed by atoms with Crippen molar-refractivity contribution in [2.45, 2.75) is 0 Å². The van der Waals surface area contributed by atoms with Crippen LogP contribution in [0.1, 0.15) is 0 Å². The largest absolute Gasteiger partial charge is 0.456 e. The number of ether oxygens (including phenoxy) is 1. The van der Waals surface area contributed by atoms with E-state index in [0.29, 0.717) is 0 Å². The first kappa shape index (κ1) is 25.6. The van der Waals surface area contributed by atoms with Gasteiger partial charge in [0, 0.05) is 20.7 Å². The summed E-state index contributed by atoms with van der Waals surface area (Å²) in [4.78, 5) is 2.53. The molecule has 0 atom stereocenters. The van der Waals surface area contributed by atoms with E-state index < -0.39 is 0 Å². The van der Waals surface area contributed by atoms with Gasteiger partial charge in [-0.3, -0.25) is 0 Å². The van der Waals surface area contributed by atoms with E-state index in [0.717, 1.165) is 17.1 Å². The molecule has 0 bridgehead atoms. The van der Waals surface area contributed by atoms with Gasteiger partial charge in [0.1, 0.15) is 11.5 Å². The van der Waals surface area contributed by atoms with Crippen LogP contribution in [0.4, 0.5) is 0 Å². The maximum Gasteiger partial charge on any atom is 0.135 e. The highest BCUT2D eigenvalue weighted by molar-refractivity contribution is 7.18. The molecule has 0 unspecified atom stereocenters. The summed E-state index contributed by atoms with van der Waals surface area (Å²) < 4.78 is 6.26. The Kier molecular flexibility index (Phi) is 5.51. The summed E-state index contributed by atoms with van der Waals surface area (Å²) in [5.74, 6) is 1.84. The van der Waals surface area contributed by atoms with Gasteiger partial charge in [0.25, 0.3) is 0 Å². The zero-order valence-electron chi connectivity index (χ0n) is 24.8. The molecule has 214 valence electrons. The van der Waals surface area contributed by atoms with Crippen LogP contribution in [-0.2, 0) is 0 Å². The van der Waals surface area contributed by atoms with E-state index in [-0.39, 0.29) is 0 Å². The summed E-state index contributed by atoms with van der Waals surface area (Å²) in [7, 11) is 0. The molecule has 0 fully saturated rings. The fourth-order valence-electron chi connectivity index (χ4n) is 7.29. The Balaban J connectivity index is 1.02. The highest BCUT2D eigenvalue weighted by atomic mass is 32.1. The standard InChI is InChI=1S/C44H26OS/c1-2-11-34-32(9-1)33-10-3-4-12-35(33)38-25-29(20-21-36(34)38)27-16-18-28(19-17-27)42-22-23-43(46-42)31-24-30-8-7-15-41-44(30)39(26-31)37-13-5-6-14-40(37)45-41/h1-26H. The first-order valence-electron chi connectivity index (χ1n) is 15.7. The highest BCUT2D eigenvalue weighted by Crippen LogP contribution is 2.48. The molecule has 1 aromatic heterocycles. The molecule has 2 heteroatoms. The Bertz CT molecular complexity index is 2630. The quantitative estimate of drug-likeness (QED) is 0.183. The van der Waals surface area contributed by atoms with Crippen molar-refractivity contribution in [3.8, 4) is 54.6 Å². The molecule has 0 amide bonds. The van der Waals surface area contributed by atoms with E-state index in [1.54, 1.807) is 0 Å². The monoisotopic (exact) mass is 602 g/mol. The van der Waals surface area contributed by atoms with Gasteiger partial charge in [-0.1, -0.05) is 115 Å². The molecule has 2 heterocycles. The van der Waals surface area contributed by atoms with Gasteiger partial charge in [-0.25, -0.2) is 0 Å². The molecule has 0 radical (unpaired) electrons. The Morgan fingerprint density at radius 1 is 0.348 bits per heavy atom. The van der Waals surface area contributed by atoms with Crippen LogP contribution in [0.3, 0.4) is 0 Å². The van der Waals surface area contributed by atoms with Crippen LogP contribution in [0.2, 0.25) is 0 Å². The first-order chi connectivity index (χ1) is 22.8. The summed E-state index contributed by atoms with van der Waals surface area (Å²) in [6.07, 6.45) is 0. The lowest BCUT2D eigenvalue weighted by Gasteiger charge is -2.21. The molecule has 1 aliphatic heterocycles. The molecule has 0 saturated heterocycles.